The molecule has 1 unspecified atom stereocenters. The number of rotatable bonds is 5. The van der Waals surface area contributed by atoms with E-state index in [0.717, 1.165) is 4.88 Å². The molecule has 1 atom stereocenters. The molecule has 2 rings (SSSR count). The van der Waals surface area contributed by atoms with E-state index in [1.54, 1.807) is 11.3 Å². The first kappa shape index (κ1) is 13.2. The minimum atomic E-state index is -0.571. The zero-order valence-electron chi connectivity index (χ0n) is 10.0. The Morgan fingerprint density at radius 2 is 2.21 bits per heavy atom. The monoisotopic (exact) mass is 280 g/mol. The molecule has 0 spiro atoms. The lowest BCUT2D eigenvalue weighted by Gasteiger charge is -2.13. The van der Waals surface area contributed by atoms with E-state index in [0.29, 0.717) is 0 Å². The number of nitrogen functional groups attached to an aromatic ring is 1. The van der Waals surface area contributed by atoms with Gasteiger partial charge in [-0.05, 0) is 18.4 Å². The number of hydrogen-bond acceptors (Lipinski definition) is 8. The van der Waals surface area contributed by atoms with Crippen LogP contribution < -0.4 is 16.6 Å². The first-order valence-electron chi connectivity index (χ1n) is 5.39. The summed E-state index contributed by atoms with van der Waals surface area (Å²) < 4.78 is 0. The molecule has 0 radical (unpaired) electrons. The molecule has 0 bridgehead atoms. The summed E-state index contributed by atoms with van der Waals surface area (Å²) in [5, 5.41) is 16.0. The molecule has 0 fully saturated rings. The molecule has 8 nitrogen and oxygen atoms in total. The van der Waals surface area contributed by atoms with Crippen molar-refractivity contribution in [1.82, 2.24) is 9.97 Å². The Balaban J connectivity index is 2.32. The van der Waals surface area contributed by atoms with Gasteiger partial charge in [0.15, 0.2) is 0 Å². The SMILES string of the molecule is CC(Nc1ncnc(NN)c1[N+](=O)[O-])c1cccs1. The van der Waals surface area contributed by atoms with Gasteiger partial charge in [-0.3, -0.25) is 10.1 Å². The van der Waals surface area contributed by atoms with E-state index >= 15 is 0 Å². The summed E-state index contributed by atoms with van der Waals surface area (Å²) >= 11 is 1.56. The van der Waals surface area contributed by atoms with E-state index < -0.39 is 4.92 Å². The number of nitro groups is 1. The topological polar surface area (TPSA) is 119 Å². The molecule has 4 N–H and O–H groups in total. The van der Waals surface area contributed by atoms with Crippen LogP contribution in [0, 0.1) is 10.1 Å². The summed E-state index contributed by atoms with van der Waals surface area (Å²) in [6.07, 6.45) is 1.21. The van der Waals surface area contributed by atoms with Crippen molar-refractivity contribution in [1.29, 1.82) is 0 Å². The zero-order chi connectivity index (χ0) is 13.8. The highest BCUT2D eigenvalue weighted by atomic mass is 32.1. The molecule has 2 heterocycles. The van der Waals surface area contributed by atoms with Gasteiger partial charge in [-0.2, -0.15) is 0 Å². The first-order valence-corrected chi connectivity index (χ1v) is 6.27. The molecule has 0 amide bonds. The highest BCUT2D eigenvalue weighted by Gasteiger charge is 2.23. The van der Waals surface area contributed by atoms with E-state index in [4.69, 9.17) is 5.84 Å². The van der Waals surface area contributed by atoms with Crippen LogP contribution in [0.15, 0.2) is 23.8 Å². The summed E-state index contributed by atoms with van der Waals surface area (Å²) in [4.78, 5) is 19.2. The molecular weight excluding hydrogens is 268 g/mol. The van der Waals surface area contributed by atoms with Crippen molar-refractivity contribution in [2.24, 2.45) is 5.84 Å². The molecule has 100 valence electrons. The number of nitrogens with two attached hydrogens (primary N) is 1. The molecule has 2 aromatic heterocycles. The highest BCUT2D eigenvalue weighted by molar-refractivity contribution is 7.10. The van der Waals surface area contributed by atoms with Crippen molar-refractivity contribution in [3.63, 3.8) is 0 Å². The quantitative estimate of drug-likeness (QED) is 0.434. The van der Waals surface area contributed by atoms with Gasteiger partial charge in [0.05, 0.1) is 11.0 Å². The lowest BCUT2D eigenvalue weighted by Crippen LogP contribution is -2.14. The van der Waals surface area contributed by atoms with Crippen molar-refractivity contribution in [3.8, 4) is 0 Å². The van der Waals surface area contributed by atoms with Gasteiger partial charge in [-0.15, -0.1) is 11.3 Å². The molecule has 9 heteroatoms. The number of nitrogens with zero attached hydrogens (tertiary/aromatic N) is 3. The Morgan fingerprint density at radius 3 is 2.79 bits per heavy atom. The van der Waals surface area contributed by atoms with Gasteiger partial charge in [0.2, 0.25) is 11.6 Å². The molecular formula is C10H12N6O2S. The van der Waals surface area contributed by atoms with Gasteiger partial charge in [-0.25, -0.2) is 15.8 Å². The summed E-state index contributed by atoms with van der Waals surface area (Å²) in [5.74, 6) is 5.32. The van der Waals surface area contributed by atoms with Gasteiger partial charge in [-0.1, -0.05) is 6.07 Å². The second kappa shape index (κ2) is 5.59. The number of thiophene rings is 1. The van der Waals surface area contributed by atoms with Crippen LogP contribution >= 0.6 is 11.3 Å². The van der Waals surface area contributed by atoms with Gasteiger partial charge in [0, 0.05) is 4.88 Å². The molecule has 0 aliphatic heterocycles. The largest absolute Gasteiger partial charge is 0.357 e. The number of nitrogens with one attached hydrogen (secondary N) is 2. The number of aromatic nitrogens is 2. The summed E-state index contributed by atoms with van der Waals surface area (Å²) in [5.41, 5.74) is 1.93. The lowest BCUT2D eigenvalue weighted by molar-refractivity contribution is -0.383. The molecule has 2 aromatic rings. The fourth-order valence-electron chi connectivity index (χ4n) is 1.58. The maximum atomic E-state index is 11.1. The molecule has 0 saturated heterocycles. The fourth-order valence-corrected chi connectivity index (χ4v) is 2.31. The highest BCUT2D eigenvalue weighted by Crippen LogP contribution is 2.31. The van der Waals surface area contributed by atoms with Crippen LogP contribution in [0.3, 0.4) is 0 Å². The van der Waals surface area contributed by atoms with Crippen LogP contribution in [0.1, 0.15) is 17.8 Å². The van der Waals surface area contributed by atoms with Gasteiger partial charge in [0.25, 0.3) is 0 Å². The predicted molar refractivity (Wildman–Crippen MR) is 72.9 cm³/mol. The smallest absolute Gasteiger partial charge is 0.354 e. The van der Waals surface area contributed by atoms with E-state index in [2.05, 4.69) is 20.7 Å². The van der Waals surface area contributed by atoms with Crippen LogP contribution in [0.25, 0.3) is 0 Å². The Kier molecular flexibility index (Phi) is 3.88. The molecule has 0 saturated carbocycles. The Bertz CT molecular complexity index is 573. The van der Waals surface area contributed by atoms with Gasteiger partial charge in [0.1, 0.15) is 6.33 Å². The molecule has 19 heavy (non-hydrogen) atoms. The maximum Gasteiger partial charge on any atom is 0.354 e. The van der Waals surface area contributed by atoms with E-state index in [1.807, 2.05) is 24.4 Å². The molecule has 0 aliphatic carbocycles. The first-order chi connectivity index (χ1) is 9.13. The summed E-state index contributed by atoms with van der Waals surface area (Å²) in [7, 11) is 0. The summed E-state index contributed by atoms with van der Waals surface area (Å²) in [6, 6.07) is 3.76. The Morgan fingerprint density at radius 1 is 1.47 bits per heavy atom. The van der Waals surface area contributed by atoms with Crippen molar-refractivity contribution in [3.05, 3.63) is 38.8 Å². The average molecular weight is 280 g/mol. The van der Waals surface area contributed by atoms with Crippen molar-refractivity contribution >= 4 is 28.7 Å². The van der Waals surface area contributed by atoms with Crippen molar-refractivity contribution in [2.45, 2.75) is 13.0 Å². The zero-order valence-corrected chi connectivity index (χ0v) is 10.8. The van der Waals surface area contributed by atoms with E-state index in [-0.39, 0.29) is 23.4 Å². The minimum absolute atomic E-state index is 0.0270. The third kappa shape index (κ3) is 2.77. The van der Waals surface area contributed by atoms with Crippen LogP contribution in [0.4, 0.5) is 17.3 Å². The van der Waals surface area contributed by atoms with E-state index in [1.165, 1.54) is 6.33 Å². The van der Waals surface area contributed by atoms with Gasteiger partial charge >= 0.3 is 5.69 Å². The number of anilines is 2. The van der Waals surface area contributed by atoms with E-state index in [9.17, 15) is 10.1 Å². The predicted octanol–water partition coefficient (Wildman–Crippen LogP) is 1.91. The third-order valence-corrected chi connectivity index (χ3v) is 3.52. The summed E-state index contributed by atoms with van der Waals surface area (Å²) in [6.45, 7) is 1.90. The van der Waals surface area contributed by atoms with Crippen LogP contribution in [0.2, 0.25) is 0 Å². The third-order valence-electron chi connectivity index (χ3n) is 2.46. The van der Waals surface area contributed by atoms with Crippen LogP contribution in [-0.2, 0) is 0 Å². The molecule has 0 aromatic carbocycles. The molecule has 0 aliphatic rings. The number of hydrazine groups is 1. The lowest BCUT2D eigenvalue weighted by atomic mass is 10.2. The van der Waals surface area contributed by atoms with Gasteiger partial charge < -0.3 is 10.7 Å². The average Bonchev–Trinajstić information content (AvgIpc) is 2.92. The Hall–Kier alpha value is -2.26. The van der Waals surface area contributed by atoms with Crippen LogP contribution in [-0.4, -0.2) is 14.9 Å². The second-order valence-electron chi connectivity index (χ2n) is 3.70. The number of hydrogen-bond donors (Lipinski definition) is 3. The van der Waals surface area contributed by atoms with Crippen molar-refractivity contribution < 1.29 is 4.92 Å². The second-order valence-corrected chi connectivity index (χ2v) is 4.68. The standard InChI is InChI=1S/C10H12N6O2S/c1-6(7-3-2-4-19-7)14-9-8(16(17)18)10(15-11)13-5-12-9/h2-6H,11H2,1H3,(H2,12,13,14,15). The minimum Gasteiger partial charge on any atom is -0.357 e. The maximum absolute atomic E-state index is 11.1. The fraction of sp³-hybridized carbons (Fsp3) is 0.200. The van der Waals surface area contributed by atoms with Crippen molar-refractivity contribution in [2.75, 3.05) is 10.7 Å². The normalized spacial score (nSPS) is 11.9. The Labute approximate surface area is 112 Å². The van der Waals surface area contributed by atoms with Crippen LogP contribution in [0.5, 0.6) is 0 Å².